The molecule has 0 atom stereocenters. The van der Waals surface area contributed by atoms with Crippen molar-refractivity contribution in [1.82, 2.24) is 0 Å². The van der Waals surface area contributed by atoms with Gasteiger partial charge in [0.05, 0.1) is 0 Å². The second-order valence-corrected chi connectivity index (χ2v) is 3.82. The summed E-state index contributed by atoms with van der Waals surface area (Å²) >= 11 is 0. The predicted molar refractivity (Wildman–Crippen MR) is 72.0 cm³/mol. The van der Waals surface area contributed by atoms with Gasteiger partial charge in [-0.3, -0.25) is 4.79 Å². The first kappa shape index (κ1) is 12.1. The average Bonchev–Trinajstić information content (AvgIpc) is 2.46. The van der Waals surface area contributed by atoms with Crippen LogP contribution in [0.15, 0.2) is 67.3 Å². The third kappa shape index (κ3) is 2.86. The highest BCUT2D eigenvalue weighted by Crippen LogP contribution is 2.15. The molecule has 90 valence electrons. The van der Waals surface area contributed by atoms with Crippen molar-refractivity contribution in [1.29, 1.82) is 0 Å². The van der Waals surface area contributed by atoms with Crippen molar-refractivity contribution < 1.29 is 9.53 Å². The largest absolute Gasteiger partial charge is 0.490 e. The summed E-state index contributed by atoms with van der Waals surface area (Å²) in [6.07, 6.45) is 1.68. The molecule has 0 amide bonds. The maximum atomic E-state index is 12.1. The molecule has 2 aromatic carbocycles. The molecule has 18 heavy (non-hydrogen) atoms. The van der Waals surface area contributed by atoms with Gasteiger partial charge in [0.15, 0.2) is 5.78 Å². The van der Waals surface area contributed by atoms with Crippen molar-refractivity contribution in [3.63, 3.8) is 0 Å². The minimum absolute atomic E-state index is 0.0193. The third-order valence-corrected chi connectivity index (χ3v) is 2.52. The van der Waals surface area contributed by atoms with Gasteiger partial charge in [0.2, 0.25) is 0 Å². The Kier molecular flexibility index (Phi) is 3.92. The molecule has 0 aliphatic rings. The van der Waals surface area contributed by atoms with Crippen LogP contribution in [-0.2, 0) is 0 Å². The van der Waals surface area contributed by atoms with Gasteiger partial charge in [-0.2, -0.15) is 0 Å². The second-order valence-electron chi connectivity index (χ2n) is 3.82. The molecule has 0 aliphatic heterocycles. The Hall–Kier alpha value is -2.35. The third-order valence-electron chi connectivity index (χ3n) is 2.52. The zero-order valence-corrected chi connectivity index (χ0v) is 10.0. The van der Waals surface area contributed by atoms with Crippen LogP contribution in [0, 0.1) is 0 Å². The molecular formula is C16H14O2. The lowest BCUT2D eigenvalue weighted by Gasteiger charge is -2.04. The highest BCUT2D eigenvalue weighted by molar-refractivity contribution is 6.08. The normalized spacial score (nSPS) is 9.78. The molecule has 2 heteroatoms. The van der Waals surface area contributed by atoms with Gasteiger partial charge in [-0.25, -0.2) is 0 Å². The van der Waals surface area contributed by atoms with Crippen molar-refractivity contribution in [3.05, 3.63) is 78.4 Å². The van der Waals surface area contributed by atoms with Crippen molar-refractivity contribution in [3.8, 4) is 5.75 Å². The molecule has 0 radical (unpaired) electrons. The Labute approximate surface area is 107 Å². The van der Waals surface area contributed by atoms with Crippen molar-refractivity contribution in [2.45, 2.75) is 0 Å². The summed E-state index contributed by atoms with van der Waals surface area (Å²) in [7, 11) is 0. The predicted octanol–water partition coefficient (Wildman–Crippen LogP) is 3.48. The lowest BCUT2D eigenvalue weighted by molar-refractivity contribution is 0.103. The van der Waals surface area contributed by atoms with Gasteiger partial charge in [0.25, 0.3) is 0 Å². The van der Waals surface area contributed by atoms with E-state index in [4.69, 9.17) is 4.74 Å². The summed E-state index contributed by atoms with van der Waals surface area (Å²) < 4.78 is 5.37. The van der Waals surface area contributed by atoms with Crippen LogP contribution < -0.4 is 4.74 Å². The SMILES string of the molecule is C=CCOc1ccc(C(=O)c2ccccc2)cc1. The summed E-state index contributed by atoms with van der Waals surface area (Å²) in [6.45, 7) is 4.05. The summed E-state index contributed by atoms with van der Waals surface area (Å²) in [5, 5.41) is 0. The number of hydrogen-bond donors (Lipinski definition) is 0. The van der Waals surface area contributed by atoms with E-state index in [-0.39, 0.29) is 5.78 Å². The van der Waals surface area contributed by atoms with Crippen LogP contribution in [-0.4, -0.2) is 12.4 Å². The highest BCUT2D eigenvalue weighted by atomic mass is 16.5. The number of rotatable bonds is 5. The van der Waals surface area contributed by atoms with E-state index in [1.807, 2.05) is 30.3 Å². The molecule has 0 N–H and O–H groups in total. The van der Waals surface area contributed by atoms with Crippen LogP contribution in [0.3, 0.4) is 0 Å². The Morgan fingerprint density at radius 1 is 1.00 bits per heavy atom. The van der Waals surface area contributed by atoms with Gasteiger partial charge < -0.3 is 4.74 Å². The minimum atomic E-state index is 0.0193. The number of benzene rings is 2. The Balaban J connectivity index is 2.14. The molecule has 0 fully saturated rings. The van der Waals surface area contributed by atoms with Crippen molar-refractivity contribution in [2.75, 3.05) is 6.61 Å². The first-order valence-corrected chi connectivity index (χ1v) is 5.75. The smallest absolute Gasteiger partial charge is 0.193 e. The van der Waals surface area contributed by atoms with E-state index >= 15 is 0 Å². The fraction of sp³-hybridized carbons (Fsp3) is 0.0625. The van der Waals surface area contributed by atoms with E-state index in [1.54, 1.807) is 30.3 Å². The van der Waals surface area contributed by atoms with Crippen LogP contribution in [0.5, 0.6) is 5.75 Å². The standard InChI is InChI=1S/C16H14O2/c1-2-12-18-15-10-8-14(9-11-15)16(17)13-6-4-3-5-7-13/h2-11H,1,12H2. The monoisotopic (exact) mass is 238 g/mol. The molecular weight excluding hydrogens is 224 g/mol. The van der Waals surface area contributed by atoms with Gasteiger partial charge in [0.1, 0.15) is 12.4 Å². The van der Waals surface area contributed by atoms with Gasteiger partial charge >= 0.3 is 0 Å². The van der Waals surface area contributed by atoms with Gasteiger partial charge in [0, 0.05) is 11.1 Å². The molecule has 2 aromatic rings. The maximum Gasteiger partial charge on any atom is 0.193 e. The molecule has 0 saturated carbocycles. The highest BCUT2D eigenvalue weighted by Gasteiger charge is 2.07. The molecule has 2 nitrogen and oxygen atoms in total. The van der Waals surface area contributed by atoms with Gasteiger partial charge in [-0.15, -0.1) is 0 Å². The molecule has 0 unspecified atom stereocenters. The Morgan fingerprint density at radius 2 is 1.61 bits per heavy atom. The molecule has 2 rings (SSSR count). The van der Waals surface area contributed by atoms with E-state index in [9.17, 15) is 4.79 Å². The fourth-order valence-electron chi connectivity index (χ4n) is 1.61. The number of ether oxygens (including phenoxy) is 1. The first-order chi connectivity index (χ1) is 8.81. The lowest BCUT2D eigenvalue weighted by atomic mass is 10.0. The average molecular weight is 238 g/mol. The summed E-state index contributed by atoms with van der Waals surface area (Å²) in [6, 6.07) is 16.3. The zero-order valence-electron chi connectivity index (χ0n) is 10.0. The lowest BCUT2D eigenvalue weighted by Crippen LogP contribution is -2.01. The number of hydrogen-bond acceptors (Lipinski definition) is 2. The van der Waals surface area contributed by atoms with E-state index in [0.29, 0.717) is 17.7 Å². The molecule has 0 aromatic heterocycles. The molecule has 0 heterocycles. The van der Waals surface area contributed by atoms with E-state index < -0.39 is 0 Å². The minimum Gasteiger partial charge on any atom is -0.490 e. The summed E-state index contributed by atoms with van der Waals surface area (Å²) in [5.74, 6) is 0.755. The second kappa shape index (κ2) is 5.82. The maximum absolute atomic E-state index is 12.1. The Morgan fingerprint density at radius 3 is 2.22 bits per heavy atom. The van der Waals surface area contributed by atoms with Gasteiger partial charge in [-0.05, 0) is 24.3 Å². The Bertz CT molecular complexity index is 527. The molecule has 0 bridgehead atoms. The van der Waals surface area contributed by atoms with Crippen LogP contribution in [0.1, 0.15) is 15.9 Å². The quantitative estimate of drug-likeness (QED) is 0.589. The van der Waals surface area contributed by atoms with E-state index in [2.05, 4.69) is 6.58 Å². The summed E-state index contributed by atoms with van der Waals surface area (Å²) in [4.78, 5) is 12.1. The number of carbonyl (C=O) groups is 1. The van der Waals surface area contributed by atoms with Crippen LogP contribution in [0.2, 0.25) is 0 Å². The molecule has 0 spiro atoms. The van der Waals surface area contributed by atoms with E-state index in [0.717, 1.165) is 5.75 Å². The topological polar surface area (TPSA) is 26.3 Å². The van der Waals surface area contributed by atoms with Crippen LogP contribution in [0.4, 0.5) is 0 Å². The number of carbonyl (C=O) groups excluding carboxylic acids is 1. The van der Waals surface area contributed by atoms with E-state index in [1.165, 1.54) is 0 Å². The van der Waals surface area contributed by atoms with Crippen LogP contribution >= 0.6 is 0 Å². The van der Waals surface area contributed by atoms with Crippen LogP contribution in [0.25, 0.3) is 0 Å². The molecule has 0 aliphatic carbocycles. The summed E-state index contributed by atoms with van der Waals surface area (Å²) in [5.41, 5.74) is 1.35. The molecule has 0 saturated heterocycles. The number of ketones is 1. The van der Waals surface area contributed by atoms with Gasteiger partial charge in [-0.1, -0.05) is 43.0 Å². The van der Waals surface area contributed by atoms with Crippen molar-refractivity contribution >= 4 is 5.78 Å². The zero-order chi connectivity index (χ0) is 12.8. The first-order valence-electron chi connectivity index (χ1n) is 5.75. The van der Waals surface area contributed by atoms with Crippen molar-refractivity contribution in [2.24, 2.45) is 0 Å². The fourth-order valence-corrected chi connectivity index (χ4v) is 1.61.